The van der Waals surface area contributed by atoms with Gasteiger partial charge in [-0.1, -0.05) is 0 Å². The summed E-state index contributed by atoms with van der Waals surface area (Å²) < 4.78 is 29.5. The van der Waals surface area contributed by atoms with Crippen molar-refractivity contribution >= 4 is 44.0 Å². The van der Waals surface area contributed by atoms with Crippen LogP contribution in [0.4, 0.5) is 5.13 Å². The number of sulfonamides is 1. The van der Waals surface area contributed by atoms with Crippen molar-refractivity contribution in [3.8, 4) is 0 Å². The van der Waals surface area contributed by atoms with Gasteiger partial charge >= 0.3 is 5.97 Å². The van der Waals surface area contributed by atoms with E-state index in [-0.39, 0.29) is 9.34 Å². The van der Waals surface area contributed by atoms with E-state index in [1.165, 1.54) is 0 Å². The molecule has 0 unspecified atom stereocenters. The molecular weight excluding hydrogens is 300 g/mol. The quantitative estimate of drug-likeness (QED) is 0.856. The summed E-state index contributed by atoms with van der Waals surface area (Å²) in [6.45, 7) is 1.61. The molecule has 0 atom stereocenters. The molecule has 0 spiro atoms. The fraction of sp³-hybridized carbons (Fsp3) is 0.143. The van der Waals surface area contributed by atoms with E-state index < -0.39 is 21.7 Å². The summed E-state index contributed by atoms with van der Waals surface area (Å²) in [6, 6.07) is 0. The molecule has 8 nitrogen and oxygen atoms in total. The third-order valence-electron chi connectivity index (χ3n) is 1.73. The van der Waals surface area contributed by atoms with E-state index in [9.17, 15) is 13.2 Å². The summed E-state index contributed by atoms with van der Waals surface area (Å²) in [5.41, 5.74) is 0.650. The Hall–Kier alpha value is -1.59. The number of nitrogens with zero attached hydrogens (tertiary/aromatic N) is 3. The molecule has 0 radical (unpaired) electrons. The van der Waals surface area contributed by atoms with Crippen LogP contribution in [0.3, 0.4) is 0 Å². The number of hydrogen-bond donors (Lipinski definition) is 2. The zero-order valence-electron chi connectivity index (χ0n) is 8.82. The number of nitrogens with one attached hydrogen (secondary N) is 1. The largest absolute Gasteiger partial charge is 0.476 e. The van der Waals surface area contributed by atoms with E-state index >= 15 is 0 Å². The molecular formula is C7H6N4O4S3. The minimum absolute atomic E-state index is 0.0808. The average molecular weight is 306 g/mol. The Morgan fingerprint density at radius 3 is 2.78 bits per heavy atom. The lowest BCUT2D eigenvalue weighted by atomic mass is 10.5. The van der Waals surface area contributed by atoms with Gasteiger partial charge in [-0.2, -0.15) is 4.37 Å². The van der Waals surface area contributed by atoms with Crippen LogP contribution < -0.4 is 4.72 Å². The van der Waals surface area contributed by atoms with Crippen molar-refractivity contribution in [2.24, 2.45) is 0 Å². The summed E-state index contributed by atoms with van der Waals surface area (Å²) >= 11 is 1.60. The van der Waals surface area contributed by atoms with Gasteiger partial charge in [0.25, 0.3) is 10.0 Å². The van der Waals surface area contributed by atoms with Gasteiger partial charge in [0.15, 0.2) is 9.90 Å². The highest BCUT2D eigenvalue weighted by molar-refractivity contribution is 7.94. The Morgan fingerprint density at radius 1 is 1.50 bits per heavy atom. The van der Waals surface area contributed by atoms with Crippen LogP contribution in [0.25, 0.3) is 0 Å². The van der Waals surface area contributed by atoms with Crippen LogP contribution >= 0.6 is 22.9 Å². The first-order valence-corrected chi connectivity index (χ1v) is 7.53. The van der Waals surface area contributed by atoms with Crippen LogP contribution in [0.15, 0.2) is 9.72 Å². The average Bonchev–Trinajstić information content (AvgIpc) is 2.86. The van der Waals surface area contributed by atoms with Gasteiger partial charge in [-0.25, -0.2) is 23.2 Å². The lowest BCUT2D eigenvalue weighted by Crippen LogP contribution is -2.15. The van der Waals surface area contributed by atoms with E-state index in [0.29, 0.717) is 5.82 Å². The maximum absolute atomic E-state index is 11.9. The first-order chi connectivity index (χ1) is 8.40. The monoisotopic (exact) mass is 306 g/mol. The number of carboxylic acid groups (broad SMARTS) is 1. The van der Waals surface area contributed by atoms with Gasteiger partial charge in [-0.05, 0) is 6.92 Å². The van der Waals surface area contributed by atoms with Crippen molar-refractivity contribution in [3.63, 3.8) is 0 Å². The molecule has 0 saturated heterocycles. The van der Waals surface area contributed by atoms with Crippen LogP contribution in [-0.2, 0) is 10.0 Å². The van der Waals surface area contributed by atoms with E-state index in [1.807, 2.05) is 0 Å². The topological polar surface area (TPSA) is 122 Å². The Morgan fingerprint density at radius 2 is 2.22 bits per heavy atom. The van der Waals surface area contributed by atoms with E-state index in [4.69, 9.17) is 5.11 Å². The van der Waals surface area contributed by atoms with Crippen molar-refractivity contribution in [2.45, 2.75) is 11.1 Å². The molecule has 0 aromatic carbocycles. The molecule has 96 valence electrons. The molecule has 2 aromatic rings. The highest BCUT2D eigenvalue weighted by Gasteiger charge is 2.26. The summed E-state index contributed by atoms with van der Waals surface area (Å²) in [7, 11) is -4.00. The molecule has 0 saturated carbocycles. The molecule has 11 heteroatoms. The van der Waals surface area contributed by atoms with Gasteiger partial charge in [0, 0.05) is 11.5 Å². The van der Waals surface area contributed by atoms with E-state index in [0.717, 1.165) is 28.4 Å². The number of aryl methyl sites for hydroxylation is 1. The zero-order valence-corrected chi connectivity index (χ0v) is 11.3. The maximum atomic E-state index is 11.9. The summed E-state index contributed by atoms with van der Waals surface area (Å²) in [6.07, 6.45) is 0. The smallest absolute Gasteiger partial charge is 0.356 e. The minimum atomic E-state index is -4.00. The first kappa shape index (κ1) is 12.9. The predicted molar refractivity (Wildman–Crippen MR) is 64.5 cm³/mol. The number of carboxylic acids is 1. The second-order valence-corrected chi connectivity index (χ2v) is 6.53. The second-order valence-electron chi connectivity index (χ2n) is 3.05. The SMILES string of the molecule is Cc1nsc(NS(=O)(=O)c2scnc2C(=O)O)n1. The fourth-order valence-electron chi connectivity index (χ4n) is 1.07. The number of thiazole rings is 1. The number of aromatic nitrogens is 3. The van der Waals surface area contributed by atoms with Gasteiger partial charge in [-0.15, -0.1) is 11.3 Å². The molecule has 0 bridgehead atoms. The van der Waals surface area contributed by atoms with Crippen molar-refractivity contribution in [2.75, 3.05) is 4.72 Å². The summed E-state index contributed by atoms with van der Waals surface area (Å²) in [5.74, 6) is -0.967. The normalized spacial score (nSPS) is 11.4. The molecule has 18 heavy (non-hydrogen) atoms. The molecule has 0 aliphatic rings. The van der Waals surface area contributed by atoms with Crippen LogP contribution in [0.2, 0.25) is 0 Å². The Kier molecular flexibility index (Phi) is 3.28. The van der Waals surface area contributed by atoms with Gasteiger partial charge in [0.05, 0.1) is 5.51 Å². The zero-order chi connectivity index (χ0) is 13.3. The van der Waals surface area contributed by atoms with Gasteiger partial charge < -0.3 is 5.11 Å². The lowest BCUT2D eigenvalue weighted by molar-refractivity contribution is 0.0687. The Labute approximate surface area is 110 Å². The molecule has 2 N–H and O–H groups in total. The lowest BCUT2D eigenvalue weighted by Gasteiger charge is -2.02. The standard InChI is InChI=1S/C7H6N4O4S3/c1-3-9-7(17-10-3)11-18(14,15)6-4(5(12)13)8-2-16-6/h2H,1H3,(H,12,13)(H,9,10,11). The Balaban J connectivity index is 2.37. The summed E-state index contributed by atoms with van der Waals surface area (Å²) in [5, 5.41) is 8.90. The van der Waals surface area contributed by atoms with Crippen molar-refractivity contribution in [1.82, 2.24) is 14.3 Å². The number of aromatic carboxylic acids is 1. The van der Waals surface area contributed by atoms with Crippen molar-refractivity contribution in [1.29, 1.82) is 0 Å². The molecule has 2 aromatic heterocycles. The molecule has 0 aliphatic carbocycles. The minimum Gasteiger partial charge on any atom is -0.476 e. The van der Waals surface area contributed by atoms with Gasteiger partial charge in [0.2, 0.25) is 5.13 Å². The van der Waals surface area contributed by atoms with Crippen LogP contribution in [-0.4, -0.2) is 33.8 Å². The first-order valence-electron chi connectivity index (χ1n) is 4.40. The van der Waals surface area contributed by atoms with Gasteiger partial charge in [0.1, 0.15) is 5.82 Å². The van der Waals surface area contributed by atoms with Crippen LogP contribution in [0.1, 0.15) is 16.3 Å². The second kappa shape index (κ2) is 4.59. The molecule has 0 aliphatic heterocycles. The molecule has 0 amide bonds. The van der Waals surface area contributed by atoms with Crippen LogP contribution in [0, 0.1) is 6.92 Å². The predicted octanol–water partition coefficient (Wildman–Crippen LogP) is 0.802. The van der Waals surface area contributed by atoms with Crippen LogP contribution in [0.5, 0.6) is 0 Å². The number of rotatable bonds is 4. The van der Waals surface area contributed by atoms with Crippen molar-refractivity contribution in [3.05, 3.63) is 17.0 Å². The maximum Gasteiger partial charge on any atom is 0.356 e. The third-order valence-corrected chi connectivity index (χ3v) is 5.29. The van der Waals surface area contributed by atoms with Gasteiger partial charge in [-0.3, -0.25) is 4.72 Å². The third kappa shape index (κ3) is 2.47. The number of hydrogen-bond acceptors (Lipinski definition) is 8. The van der Waals surface area contributed by atoms with E-state index in [1.54, 1.807) is 6.92 Å². The van der Waals surface area contributed by atoms with Crippen molar-refractivity contribution < 1.29 is 18.3 Å². The summed E-state index contributed by atoms with van der Waals surface area (Å²) in [4.78, 5) is 18.1. The Bertz CT molecular complexity index is 689. The van der Waals surface area contributed by atoms with E-state index in [2.05, 4.69) is 19.1 Å². The molecule has 2 rings (SSSR count). The number of anilines is 1. The highest BCUT2D eigenvalue weighted by Crippen LogP contribution is 2.23. The number of carbonyl (C=O) groups is 1. The fourth-order valence-corrected chi connectivity index (χ4v) is 4.01. The highest BCUT2D eigenvalue weighted by atomic mass is 32.2. The molecule has 2 heterocycles. The molecule has 0 fully saturated rings.